The number of hydrogen-bond donors (Lipinski definition) is 1. The van der Waals surface area contributed by atoms with E-state index in [9.17, 15) is 24.0 Å². The van der Waals surface area contributed by atoms with Crippen LogP contribution in [0.4, 0.5) is 4.79 Å². The number of rotatable bonds is 3. The second-order valence-corrected chi connectivity index (χ2v) is 9.42. The molecule has 10 nitrogen and oxygen atoms in total. The Hall–Kier alpha value is -3.69. The standard InChI is InChI=1S/C23H26N4O6/c1-13-10-25(21(31)24-18(13)28)14-9-15(26(11-14)22(32)33-23(2,3)4)12-27-19(29)16-7-5-6-8-17(16)20(27)30/h5-8,10,14-15H,9,11-12H2,1-4H3,(H,24,28,31)/t14-,15-/m1/s1. The first-order chi connectivity index (χ1) is 15.5. The summed E-state index contributed by atoms with van der Waals surface area (Å²) in [5.41, 5.74) is -0.786. The van der Waals surface area contributed by atoms with Crippen LogP contribution in [0.25, 0.3) is 0 Å². The smallest absolute Gasteiger partial charge is 0.410 e. The number of likely N-dealkylation sites (tertiary alicyclic amines) is 1. The van der Waals surface area contributed by atoms with Crippen LogP contribution >= 0.6 is 0 Å². The molecule has 0 bridgehead atoms. The maximum atomic E-state index is 13.0. The van der Waals surface area contributed by atoms with E-state index in [1.54, 1.807) is 52.0 Å². The quantitative estimate of drug-likeness (QED) is 0.705. The first-order valence-electron chi connectivity index (χ1n) is 10.7. The molecule has 0 radical (unpaired) electrons. The van der Waals surface area contributed by atoms with E-state index in [1.807, 2.05) is 0 Å². The van der Waals surface area contributed by atoms with Crippen molar-refractivity contribution in [3.8, 4) is 0 Å². The fourth-order valence-electron chi connectivity index (χ4n) is 4.28. The molecular weight excluding hydrogens is 428 g/mol. The molecule has 1 fully saturated rings. The summed E-state index contributed by atoms with van der Waals surface area (Å²) in [7, 11) is 0. The molecule has 0 spiro atoms. The fourth-order valence-corrected chi connectivity index (χ4v) is 4.28. The van der Waals surface area contributed by atoms with Crippen molar-refractivity contribution in [2.24, 2.45) is 0 Å². The molecule has 1 aromatic carbocycles. The maximum Gasteiger partial charge on any atom is 0.410 e. The zero-order valence-corrected chi connectivity index (χ0v) is 19.0. The van der Waals surface area contributed by atoms with Crippen molar-refractivity contribution in [1.29, 1.82) is 0 Å². The molecule has 0 aliphatic carbocycles. The minimum atomic E-state index is -0.749. The topological polar surface area (TPSA) is 122 Å². The maximum absolute atomic E-state index is 13.0. The SMILES string of the molecule is Cc1cn([C@@H]2C[C@H](CN3C(=O)c4ccccc4C3=O)N(C(=O)OC(C)(C)C)C2)c(=O)[nH]c1=O. The van der Waals surface area contributed by atoms with E-state index in [4.69, 9.17) is 4.74 Å². The van der Waals surface area contributed by atoms with Gasteiger partial charge in [-0.15, -0.1) is 0 Å². The van der Waals surface area contributed by atoms with Gasteiger partial charge in [0, 0.05) is 24.8 Å². The number of amides is 3. The number of carbonyl (C=O) groups excluding carboxylic acids is 3. The van der Waals surface area contributed by atoms with Crippen LogP contribution in [-0.2, 0) is 4.74 Å². The van der Waals surface area contributed by atoms with Crippen LogP contribution in [0.3, 0.4) is 0 Å². The number of nitrogens with one attached hydrogen (secondary N) is 1. The van der Waals surface area contributed by atoms with Gasteiger partial charge in [-0.3, -0.25) is 28.8 Å². The summed E-state index contributed by atoms with van der Waals surface area (Å²) in [6.45, 7) is 6.92. The van der Waals surface area contributed by atoms with E-state index in [0.29, 0.717) is 23.1 Å². The van der Waals surface area contributed by atoms with Crippen molar-refractivity contribution in [3.63, 3.8) is 0 Å². The largest absolute Gasteiger partial charge is 0.444 e. The molecule has 2 aromatic rings. The number of aromatic nitrogens is 2. The lowest BCUT2D eigenvalue weighted by atomic mass is 10.1. The van der Waals surface area contributed by atoms with E-state index >= 15 is 0 Å². The molecule has 1 saturated heterocycles. The van der Waals surface area contributed by atoms with Crippen molar-refractivity contribution in [2.75, 3.05) is 13.1 Å². The van der Waals surface area contributed by atoms with Gasteiger partial charge in [-0.2, -0.15) is 0 Å². The third-order valence-corrected chi connectivity index (χ3v) is 5.83. The molecule has 10 heteroatoms. The highest BCUT2D eigenvalue weighted by atomic mass is 16.6. The van der Waals surface area contributed by atoms with Crippen molar-refractivity contribution in [2.45, 2.75) is 51.8 Å². The predicted molar refractivity (Wildman–Crippen MR) is 118 cm³/mol. The zero-order chi connectivity index (χ0) is 24.1. The third kappa shape index (κ3) is 4.20. The van der Waals surface area contributed by atoms with E-state index in [-0.39, 0.29) is 13.1 Å². The molecule has 1 aromatic heterocycles. The predicted octanol–water partition coefficient (Wildman–Crippen LogP) is 1.69. The molecule has 4 rings (SSSR count). The summed E-state index contributed by atoms with van der Waals surface area (Å²) in [5, 5.41) is 0. The van der Waals surface area contributed by atoms with Crippen LogP contribution in [-0.4, -0.2) is 62.0 Å². The zero-order valence-electron chi connectivity index (χ0n) is 19.0. The Balaban J connectivity index is 1.64. The lowest BCUT2D eigenvalue weighted by molar-refractivity contribution is 0.0187. The number of nitrogens with zero attached hydrogens (tertiary/aromatic N) is 3. The highest BCUT2D eigenvalue weighted by Crippen LogP contribution is 2.31. The van der Waals surface area contributed by atoms with Gasteiger partial charge < -0.3 is 9.64 Å². The average molecular weight is 454 g/mol. The monoisotopic (exact) mass is 454 g/mol. The molecule has 0 unspecified atom stereocenters. The molecule has 174 valence electrons. The molecular formula is C23H26N4O6. The minimum absolute atomic E-state index is 0.0286. The molecule has 1 N–H and O–H groups in total. The van der Waals surface area contributed by atoms with Crippen molar-refractivity contribution in [1.82, 2.24) is 19.4 Å². The van der Waals surface area contributed by atoms with Gasteiger partial charge >= 0.3 is 11.8 Å². The normalized spacial score (nSPS) is 20.4. The Morgan fingerprint density at radius 2 is 1.70 bits per heavy atom. The number of imide groups is 1. The van der Waals surface area contributed by atoms with Crippen LogP contribution in [0, 0.1) is 6.92 Å². The van der Waals surface area contributed by atoms with Gasteiger partial charge in [0.1, 0.15) is 5.60 Å². The first kappa shape index (κ1) is 22.5. The van der Waals surface area contributed by atoms with Gasteiger partial charge in [-0.25, -0.2) is 9.59 Å². The summed E-state index contributed by atoms with van der Waals surface area (Å²) in [4.78, 5) is 67.8. The molecule has 2 atom stereocenters. The molecule has 2 aliphatic heterocycles. The number of hydrogen-bond acceptors (Lipinski definition) is 6. The molecule has 33 heavy (non-hydrogen) atoms. The molecule has 3 heterocycles. The summed E-state index contributed by atoms with van der Waals surface area (Å²) in [6.07, 6.45) is 1.17. The number of benzene rings is 1. The van der Waals surface area contributed by atoms with Crippen LogP contribution < -0.4 is 11.2 Å². The Bertz CT molecular complexity index is 1220. The molecule has 0 saturated carbocycles. The highest BCUT2D eigenvalue weighted by molar-refractivity contribution is 6.21. The Kier molecular flexibility index (Phi) is 5.47. The number of fused-ring (bicyclic) bond motifs is 1. The van der Waals surface area contributed by atoms with Crippen molar-refractivity contribution < 1.29 is 19.1 Å². The summed E-state index contributed by atoms with van der Waals surface area (Å²) < 4.78 is 6.93. The lowest BCUT2D eigenvalue weighted by Crippen LogP contribution is -2.46. The Morgan fingerprint density at radius 3 is 2.27 bits per heavy atom. The fraction of sp³-hybridized carbons (Fsp3) is 0.435. The van der Waals surface area contributed by atoms with Gasteiger partial charge in [0.15, 0.2) is 0 Å². The lowest BCUT2D eigenvalue weighted by Gasteiger charge is -2.30. The molecule has 3 amide bonds. The summed E-state index contributed by atoms with van der Waals surface area (Å²) in [6, 6.07) is 5.56. The van der Waals surface area contributed by atoms with Gasteiger partial charge in [0.2, 0.25) is 0 Å². The Labute approximate surface area is 189 Å². The van der Waals surface area contributed by atoms with Gasteiger partial charge in [0.25, 0.3) is 17.4 Å². The van der Waals surface area contributed by atoms with E-state index < -0.39 is 46.8 Å². The number of aromatic amines is 1. The summed E-state index contributed by atoms with van der Waals surface area (Å²) in [5.74, 6) is -0.833. The average Bonchev–Trinajstić information content (AvgIpc) is 3.25. The number of ether oxygens (including phenoxy) is 1. The van der Waals surface area contributed by atoms with Crippen LogP contribution in [0.1, 0.15) is 59.5 Å². The minimum Gasteiger partial charge on any atom is -0.444 e. The van der Waals surface area contributed by atoms with Crippen molar-refractivity contribution in [3.05, 3.63) is 68.0 Å². The van der Waals surface area contributed by atoms with Crippen LogP contribution in [0.2, 0.25) is 0 Å². The van der Waals surface area contributed by atoms with E-state index in [0.717, 1.165) is 4.90 Å². The van der Waals surface area contributed by atoms with Crippen molar-refractivity contribution >= 4 is 17.9 Å². The van der Waals surface area contributed by atoms with Gasteiger partial charge in [-0.1, -0.05) is 12.1 Å². The third-order valence-electron chi connectivity index (χ3n) is 5.83. The number of H-pyrrole nitrogens is 1. The number of aryl methyl sites for hydroxylation is 1. The number of carbonyl (C=O) groups is 3. The second-order valence-electron chi connectivity index (χ2n) is 9.42. The summed E-state index contributed by atoms with van der Waals surface area (Å²) >= 11 is 0. The van der Waals surface area contributed by atoms with Crippen LogP contribution in [0.15, 0.2) is 40.1 Å². The van der Waals surface area contributed by atoms with Gasteiger partial charge in [-0.05, 0) is 46.2 Å². The highest BCUT2D eigenvalue weighted by Gasteiger charge is 2.43. The Morgan fingerprint density at radius 1 is 1.09 bits per heavy atom. The van der Waals surface area contributed by atoms with E-state index in [2.05, 4.69) is 4.98 Å². The molecule has 2 aliphatic rings. The van der Waals surface area contributed by atoms with Gasteiger partial charge in [0.05, 0.1) is 23.2 Å². The first-order valence-corrected chi connectivity index (χ1v) is 10.7. The second kappa shape index (κ2) is 8.02. The van der Waals surface area contributed by atoms with Crippen LogP contribution in [0.5, 0.6) is 0 Å². The van der Waals surface area contributed by atoms with E-state index in [1.165, 1.54) is 15.7 Å².